The van der Waals surface area contributed by atoms with E-state index in [9.17, 15) is 9.59 Å². The molecule has 0 N–H and O–H groups in total. The van der Waals surface area contributed by atoms with Crippen LogP contribution >= 0.6 is 0 Å². The van der Waals surface area contributed by atoms with Gasteiger partial charge in [-0.05, 0) is 42.0 Å². The highest BCUT2D eigenvalue weighted by molar-refractivity contribution is 5.89. The highest BCUT2D eigenvalue weighted by atomic mass is 16.5. The molecule has 29 heavy (non-hydrogen) atoms. The van der Waals surface area contributed by atoms with Gasteiger partial charge in [0.25, 0.3) is 5.56 Å². The van der Waals surface area contributed by atoms with Crippen molar-refractivity contribution in [3.8, 4) is 5.75 Å². The standard InChI is InChI=1S/C22H17N3O4/c26-21-19-8-4-5-9-20(19)23-24-25(21)15-29-22(27)17-10-12-18(13-11-17)28-14-16-6-2-1-3-7-16/h1-13H,14-15H2. The number of benzene rings is 3. The van der Waals surface area contributed by atoms with Crippen molar-refractivity contribution in [3.05, 3.63) is 100 Å². The number of rotatable bonds is 6. The van der Waals surface area contributed by atoms with Gasteiger partial charge < -0.3 is 9.47 Å². The average Bonchev–Trinajstić information content (AvgIpc) is 2.78. The lowest BCUT2D eigenvalue weighted by molar-refractivity contribution is 0.0336. The minimum absolute atomic E-state index is 0.318. The Hall–Kier alpha value is -4.00. The van der Waals surface area contributed by atoms with Crippen LogP contribution in [0.2, 0.25) is 0 Å². The van der Waals surface area contributed by atoms with Gasteiger partial charge in [-0.1, -0.05) is 47.7 Å². The van der Waals surface area contributed by atoms with E-state index >= 15 is 0 Å². The lowest BCUT2D eigenvalue weighted by Crippen LogP contribution is -2.26. The minimum atomic E-state index is -0.568. The minimum Gasteiger partial charge on any atom is -0.489 e. The summed E-state index contributed by atoms with van der Waals surface area (Å²) in [4.78, 5) is 24.6. The third-order valence-corrected chi connectivity index (χ3v) is 4.29. The van der Waals surface area contributed by atoms with Gasteiger partial charge >= 0.3 is 5.97 Å². The molecule has 0 unspecified atom stereocenters. The lowest BCUT2D eigenvalue weighted by Gasteiger charge is -2.08. The molecule has 144 valence electrons. The van der Waals surface area contributed by atoms with Gasteiger partial charge in [0.15, 0.2) is 6.73 Å². The number of hydrogen-bond acceptors (Lipinski definition) is 6. The van der Waals surface area contributed by atoms with E-state index in [-0.39, 0.29) is 12.3 Å². The van der Waals surface area contributed by atoms with Crippen molar-refractivity contribution < 1.29 is 14.3 Å². The Labute approximate surface area is 166 Å². The number of carbonyl (C=O) groups is 1. The molecule has 0 radical (unpaired) electrons. The van der Waals surface area contributed by atoms with Crippen molar-refractivity contribution in [1.29, 1.82) is 0 Å². The average molecular weight is 387 g/mol. The molecule has 0 atom stereocenters. The largest absolute Gasteiger partial charge is 0.489 e. The van der Waals surface area contributed by atoms with Crippen LogP contribution < -0.4 is 10.3 Å². The van der Waals surface area contributed by atoms with Crippen LogP contribution in [-0.4, -0.2) is 21.0 Å². The van der Waals surface area contributed by atoms with Gasteiger partial charge in [0, 0.05) is 0 Å². The highest BCUT2D eigenvalue weighted by Gasteiger charge is 2.10. The topological polar surface area (TPSA) is 83.3 Å². The molecule has 1 heterocycles. The van der Waals surface area contributed by atoms with Crippen molar-refractivity contribution in [2.75, 3.05) is 0 Å². The number of carbonyl (C=O) groups excluding carboxylic acids is 1. The Morgan fingerprint density at radius 2 is 1.62 bits per heavy atom. The van der Waals surface area contributed by atoms with Crippen LogP contribution in [0.15, 0.2) is 83.7 Å². The molecule has 0 aliphatic rings. The van der Waals surface area contributed by atoms with Crippen LogP contribution in [0.5, 0.6) is 5.75 Å². The Balaban J connectivity index is 1.37. The molecular formula is C22H17N3O4. The first kappa shape index (κ1) is 18.4. The monoisotopic (exact) mass is 387 g/mol. The molecule has 4 aromatic rings. The molecule has 0 spiro atoms. The molecule has 1 aromatic heterocycles. The molecule has 7 heteroatoms. The maximum absolute atomic E-state index is 12.4. The third kappa shape index (κ3) is 4.30. The second-order valence-electron chi connectivity index (χ2n) is 6.27. The zero-order valence-electron chi connectivity index (χ0n) is 15.4. The molecule has 0 fully saturated rings. The van der Waals surface area contributed by atoms with E-state index < -0.39 is 5.97 Å². The van der Waals surface area contributed by atoms with E-state index in [1.54, 1.807) is 48.5 Å². The first-order valence-electron chi connectivity index (χ1n) is 8.97. The number of hydrogen-bond donors (Lipinski definition) is 0. The number of aromatic nitrogens is 3. The first-order valence-corrected chi connectivity index (χ1v) is 8.97. The summed E-state index contributed by atoms with van der Waals surface area (Å²) in [5.41, 5.74) is 1.52. The van der Waals surface area contributed by atoms with Crippen LogP contribution in [0.3, 0.4) is 0 Å². The Bertz CT molecular complexity index is 1190. The van der Waals surface area contributed by atoms with Crippen LogP contribution in [0.1, 0.15) is 15.9 Å². The maximum Gasteiger partial charge on any atom is 0.339 e. The van der Waals surface area contributed by atoms with Crippen molar-refractivity contribution in [1.82, 2.24) is 15.0 Å². The molecule has 3 aromatic carbocycles. The van der Waals surface area contributed by atoms with Gasteiger partial charge in [0.05, 0.1) is 10.9 Å². The van der Waals surface area contributed by atoms with Crippen molar-refractivity contribution >= 4 is 16.9 Å². The van der Waals surface area contributed by atoms with Gasteiger partial charge in [-0.25, -0.2) is 4.79 Å². The fraction of sp³-hybridized carbons (Fsp3) is 0.0909. The summed E-state index contributed by atoms with van der Waals surface area (Å²) in [6.07, 6.45) is 0. The predicted molar refractivity (Wildman–Crippen MR) is 106 cm³/mol. The summed E-state index contributed by atoms with van der Waals surface area (Å²) < 4.78 is 11.9. The molecular weight excluding hydrogens is 370 g/mol. The molecule has 0 bridgehead atoms. The van der Waals surface area contributed by atoms with Gasteiger partial charge in [0.2, 0.25) is 0 Å². The molecule has 0 saturated heterocycles. The Morgan fingerprint density at radius 3 is 2.41 bits per heavy atom. The quantitative estimate of drug-likeness (QED) is 0.473. The summed E-state index contributed by atoms with van der Waals surface area (Å²) in [6.45, 7) is 0.121. The zero-order valence-corrected chi connectivity index (χ0v) is 15.4. The molecule has 0 aliphatic carbocycles. The van der Waals surface area contributed by atoms with Crippen molar-refractivity contribution in [2.24, 2.45) is 0 Å². The van der Waals surface area contributed by atoms with Crippen LogP contribution in [0, 0.1) is 0 Å². The lowest BCUT2D eigenvalue weighted by atomic mass is 10.2. The summed E-state index contributed by atoms with van der Waals surface area (Å²) in [6, 6.07) is 23.3. The smallest absolute Gasteiger partial charge is 0.339 e. The molecule has 7 nitrogen and oxygen atoms in total. The van der Waals surface area contributed by atoms with E-state index in [1.165, 1.54) is 0 Å². The second kappa shape index (κ2) is 8.35. The Kier molecular flexibility index (Phi) is 5.29. The van der Waals surface area contributed by atoms with Crippen LogP contribution in [-0.2, 0) is 18.1 Å². The molecule has 4 rings (SSSR count). The Morgan fingerprint density at radius 1 is 0.897 bits per heavy atom. The van der Waals surface area contributed by atoms with Crippen LogP contribution in [0.25, 0.3) is 10.9 Å². The van der Waals surface area contributed by atoms with Gasteiger partial charge in [0.1, 0.15) is 17.9 Å². The fourth-order valence-corrected chi connectivity index (χ4v) is 2.74. The van der Waals surface area contributed by atoms with Crippen molar-refractivity contribution in [2.45, 2.75) is 13.3 Å². The third-order valence-electron chi connectivity index (χ3n) is 4.29. The van der Waals surface area contributed by atoms with E-state index in [4.69, 9.17) is 9.47 Å². The first-order chi connectivity index (χ1) is 14.2. The fourth-order valence-electron chi connectivity index (χ4n) is 2.74. The van der Waals surface area contributed by atoms with Gasteiger partial charge in [-0.2, -0.15) is 4.68 Å². The van der Waals surface area contributed by atoms with Crippen molar-refractivity contribution in [3.63, 3.8) is 0 Å². The second-order valence-corrected chi connectivity index (χ2v) is 6.27. The van der Waals surface area contributed by atoms with Crippen LogP contribution in [0.4, 0.5) is 0 Å². The van der Waals surface area contributed by atoms with E-state index in [0.717, 1.165) is 10.2 Å². The molecule has 0 amide bonds. The maximum atomic E-state index is 12.4. The van der Waals surface area contributed by atoms with E-state index in [2.05, 4.69) is 10.3 Å². The SMILES string of the molecule is O=C(OCn1nnc2ccccc2c1=O)c1ccc(OCc2ccccc2)cc1. The molecule has 0 saturated carbocycles. The summed E-state index contributed by atoms with van der Waals surface area (Å²) >= 11 is 0. The van der Waals surface area contributed by atoms with E-state index in [0.29, 0.717) is 28.8 Å². The van der Waals surface area contributed by atoms with Gasteiger partial charge in [-0.3, -0.25) is 4.79 Å². The number of ether oxygens (including phenoxy) is 2. The number of nitrogens with zero attached hydrogens (tertiary/aromatic N) is 3. The zero-order chi connectivity index (χ0) is 20.1. The summed E-state index contributed by atoms with van der Waals surface area (Å²) in [5.74, 6) is 0.0727. The number of esters is 1. The summed E-state index contributed by atoms with van der Waals surface area (Å²) in [5, 5.41) is 8.17. The van der Waals surface area contributed by atoms with E-state index in [1.807, 2.05) is 30.3 Å². The summed E-state index contributed by atoms with van der Waals surface area (Å²) in [7, 11) is 0. The molecule has 0 aliphatic heterocycles. The predicted octanol–water partition coefficient (Wildman–Crippen LogP) is 3.19. The normalized spacial score (nSPS) is 10.6. The highest BCUT2D eigenvalue weighted by Crippen LogP contribution is 2.15. The van der Waals surface area contributed by atoms with Gasteiger partial charge in [-0.15, -0.1) is 5.10 Å². The number of fused-ring (bicyclic) bond motifs is 1.